The minimum atomic E-state index is -0.311. The molecule has 19 heavy (non-hydrogen) atoms. The largest absolute Gasteiger partial charge is 0.443 e. The number of likely N-dealkylation sites (tertiary alicyclic amines) is 1. The minimum Gasteiger partial charge on any atom is -0.443 e. The van der Waals surface area contributed by atoms with Gasteiger partial charge < -0.3 is 10.1 Å². The molecule has 2 saturated heterocycles. The Morgan fingerprint density at radius 2 is 2.11 bits per heavy atom. The van der Waals surface area contributed by atoms with Crippen LogP contribution in [0.25, 0.3) is 0 Å². The fourth-order valence-corrected chi connectivity index (χ4v) is 3.75. The van der Waals surface area contributed by atoms with E-state index in [-0.39, 0.29) is 18.1 Å². The molecule has 1 saturated carbocycles. The van der Waals surface area contributed by atoms with Crippen LogP contribution in [0.5, 0.6) is 0 Å². The van der Waals surface area contributed by atoms with Crippen LogP contribution in [0.15, 0.2) is 0 Å². The number of amides is 1. The lowest BCUT2D eigenvalue weighted by Gasteiger charge is -2.33. The number of alkyl carbamates (subject to hydrolysis) is 1. The predicted molar refractivity (Wildman–Crippen MR) is 69.8 cm³/mol. The van der Waals surface area contributed by atoms with Crippen molar-refractivity contribution in [2.45, 2.75) is 50.7 Å². The Hall–Kier alpha value is -1.10. The standard InChI is InChI=1S/C14H22N2O3/c17-13-6-2-1-4-11(13)12-5-3-7-16(12)9-10-8-15-14(18)19-10/h10-12H,1-9H2,(H,15,18). The molecule has 2 heterocycles. The number of hydrogen-bond acceptors (Lipinski definition) is 4. The zero-order valence-electron chi connectivity index (χ0n) is 11.3. The van der Waals surface area contributed by atoms with Crippen molar-refractivity contribution in [2.24, 2.45) is 5.92 Å². The number of Topliss-reactive ketones (excluding diaryl/α,β-unsaturated/α-hetero) is 1. The first-order valence-electron chi connectivity index (χ1n) is 7.45. The van der Waals surface area contributed by atoms with Crippen LogP contribution in [0.3, 0.4) is 0 Å². The molecule has 1 aliphatic carbocycles. The molecule has 3 unspecified atom stereocenters. The third-order valence-corrected chi connectivity index (χ3v) is 4.67. The molecule has 0 aromatic carbocycles. The second-order valence-electron chi connectivity index (χ2n) is 5.93. The van der Waals surface area contributed by atoms with Gasteiger partial charge in [0.2, 0.25) is 0 Å². The highest BCUT2D eigenvalue weighted by atomic mass is 16.6. The zero-order valence-corrected chi connectivity index (χ0v) is 11.3. The molecule has 3 rings (SSSR count). The third kappa shape index (κ3) is 2.76. The van der Waals surface area contributed by atoms with Gasteiger partial charge in [-0.25, -0.2) is 4.79 Å². The molecule has 1 N–H and O–H groups in total. The molecular weight excluding hydrogens is 244 g/mol. The summed E-state index contributed by atoms with van der Waals surface area (Å²) >= 11 is 0. The van der Waals surface area contributed by atoms with Crippen LogP contribution >= 0.6 is 0 Å². The van der Waals surface area contributed by atoms with E-state index in [1.54, 1.807) is 0 Å². The van der Waals surface area contributed by atoms with Gasteiger partial charge in [0.25, 0.3) is 0 Å². The Kier molecular flexibility index (Phi) is 3.73. The first-order chi connectivity index (χ1) is 9.24. The second kappa shape index (κ2) is 5.49. The van der Waals surface area contributed by atoms with Crippen LogP contribution in [-0.4, -0.2) is 48.6 Å². The van der Waals surface area contributed by atoms with Crippen molar-refractivity contribution in [2.75, 3.05) is 19.6 Å². The highest BCUT2D eigenvalue weighted by Gasteiger charge is 2.38. The number of rotatable bonds is 3. The first-order valence-corrected chi connectivity index (χ1v) is 7.45. The van der Waals surface area contributed by atoms with E-state index in [9.17, 15) is 9.59 Å². The molecule has 2 aliphatic heterocycles. The summed E-state index contributed by atoms with van der Waals surface area (Å²) in [5.41, 5.74) is 0. The molecule has 0 bridgehead atoms. The number of carbonyl (C=O) groups excluding carboxylic acids is 2. The van der Waals surface area contributed by atoms with Crippen LogP contribution in [0.1, 0.15) is 38.5 Å². The van der Waals surface area contributed by atoms with Crippen molar-refractivity contribution in [1.82, 2.24) is 10.2 Å². The fourth-order valence-electron chi connectivity index (χ4n) is 3.75. The van der Waals surface area contributed by atoms with Crippen LogP contribution in [0, 0.1) is 5.92 Å². The lowest BCUT2D eigenvalue weighted by molar-refractivity contribution is -0.126. The highest BCUT2D eigenvalue weighted by molar-refractivity contribution is 5.82. The topological polar surface area (TPSA) is 58.6 Å². The van der Waals surface area contributed by atoms with Gasteiger partial charge in [0.15, 0.2) is 0 Å². The first kappa shape index (κ1) is 12.9. The number of ketones is 1. The van der Waals surface area contributed by atoms with Crippen molar-refractivity contribution in [3.05, 3.63) is 0 Å². The van der Waals surface area contributed by atoms with E-state index in [0.29, 0.717) is 18.4 Å². The number of hydrogen-bond donors (Lipinski definition) is 1. The van der Waals surface area contributed by atoms with Crippen LogP contribution in [-0.2, 0) is 9.53 Å². The van der Waals surface area contributed by atoms with E-state index >= 15 is 0 Å². The Bertz CT molecular complexity index is 372. The lowest BCUT2D eigenvalue weighted by Crippen LogP contribution is -2.44. The SMILES string of the molecule is O=C1NCC(CN2CCCC2C2CCCCC2=O)O1. The summed E-state index contributed by atoms with van der Waals surface area (Å²) in [4.78, 5) is 25.5. The molecular formula is C14H22N2O3. The normalized spacial score (nSPS) is 36.3. The van der Waals surface area contributed by atoms with E-state index < -0.39 is 0 Å². The molecule has 5 nitrogen and oxygen atoms in total. The molecule has 106 valence electrons. The zero-order chi connectivity index (χ0) is 13.2. The van der Waals surface area contributed by atoms with E-state index in [1.165, 1.54) is 6.42 Å². The van der Waals surface area contributed by atoms with Gasteiger partial charge in [-0.3, -0.25) is 9.69 Å². The molecule has 5 heteroatoms. The lowest BCUT2D eigenvalue weighted by atomic mass is 9.82. The summed E-state index contributed by atoms with van der Waals surface area (Å²) in [5, 5.41) is 2.69. The summed E-state index contributed by atoms with van der Waals surface area (Å²) < 4.78 is 5.21. The van der Waals surface area contributed by atoms with Crippen molar-refractivity contribution in [3.8, 4) is 0 Å². The van der Waals surface area contributed by atoms with Crippen molar-refractivity contribution < 1.29 is 14.3 Å². The maximum absolute atomic E-state index is 12.1. The number of carbonyl (C=O) groups is 2. The Labute approximate surface area is 113 Å². The van der Waals surface area contributed by atoms with Gasteiger partial charge >= 0.3 is 6.09 Å². The molecule has 0 spiro atoms. The van der Waals surface area contributed by atoms with E-state index in [4.69, 9.17) is 4.74 Å². The van der Waals surface area contributed by atoms with Crippen molar-refractivity contribution >= 4 is 11.9 Å². The van der Waals surface area contributed by atoms with E-state index in [0.717, 1.165) is 45.2 Å². The predicted octanol–water partition coefficient (Wildman–Crippen LogP) is 1.32. The summed E-state index contributed by atoms with van der Waals surface area (Å²) in [6, 6.07) is 0.382. The average Bonchev–Trinajstić information content (AvgIpc) is 3.00. The molecule has 0 aromatic heterocycles. The molecule has 3 fully saturated rings. The maximum Gasteiger partial charge on any atom is 0.407 e. The van der Waals surface area contributed by atoms with Crippen LogP contribution in [0.2, 0.25) is 0 Å². The number of ether oxygens (including phenoxy) is 1. The van der Waals surface area contributed by atoms with Gasteiger partial charge in [-0.1, -0.05) is 6.42 Å². The minimum absolute atomic E-state index is 0.0493. The van der Waals surface area contributed by atoms with Crippen LogP contribution < -0.4 is 5.32 Å². The van der Waals surface area contributed by atoms with Gasteiger partial charge in [0.1, 0.15) is 11.9 Å². The molecule has 0 radical (unpaired) electrons. The molecule has 0 aromatic rings. The molecule has 3 aliphatic rings. The smallest absolute Gasteiger partial charge is 0.407 e. The Morgan fingerprint density at radius 1 is 1.21 bits per heavy atom. The van der Waals surface area contributed by atoms with Gasteiger partial charge in [0, 0.05) is 24.9 Å². The quantitative estimate of drug-likeness (QED) is 0.837. The fraction of sp³-hybridized carbons (Fsp3) is 0.857. The number of cyclic esters (lactones) is 1. The second-order valence-corrected chi connectivity index (χ2v) is 5.93. The van der Waals surface area contributed by atoms with Gasteiger partial charge in [-0.05, 0) is 32.2 Å². The summed E-state index contributed by atoms with van der Waals surface area (Å²) in [7, 11) is 0. The highest BCUT2D eigenvalue weighted by Crippen LogP contribution is 2.32. The number of nitrogens with zero attached hydrogens (tertiary/aromatic N) is 1. The van der Waals surface area contributed by atoms with Gasteiger partial charge in [-0.15, -0.1) is 0 Å². The van der Waals surface area contributed by atoms with Crippen molar-refractivity contribution in [1.29, 1.82) is 0 Å². The number of nitrogens with one attached hydrogen (secondary N) is 1. The Morgan fingerprint density at radius 3 is 2.84 bits per heavy atom. The molecule has 1 amide bonds. The monoisotopic (exact) mass is 266 g/mol. The molecule has 3 atom stereocenters. The third-order valence-electron chi connectivity index (χ3n) is 4.67. The van der Waals surface area contributed by atoms with Gasteiger partial charge in [-0.2, -0.15) is 0 Å². The van der Waals surface area contributed by atoms with E-state index in [1.807, 2.05) is 0 Å². The summed E-state index contributed by atoms with van der Waals surface area (Å²) in [5.74, 6) is 0.672. The van der Waals surface area contributed by atoms with E-state index in [2.05, 4.69) is 10.2 Å². The Balaban J connectivity index is 1.60. The average molecular weight is 266 g/mol. The maximum atomic E-state index is 12.1. The summed E-state index contributed by atoms with van der Waals surface area (Å²) in [6.45, 7) is 2.40. The van der Waals surface area contributed by atoms with Crippen molar-refractivity contribution in [3.63, 3.8) is 0 Å². The summed E-state index contributed by atoms with van der Waals surface area (Å²) in [6.07, 6.45) is 5.96. The van der Waals surface area contributed by atoms with Crippen LogP contribution in [0.4, 0.5) is 4.79 Å². The van der Waals surface area contributed by atoms with Gasteiger partial charge in [0.05, 0.1) is 6.54 Å².